The third-order valence-electron chi connectivity index (χ3n) is 4.34. The van der Waals surface area contributed by atoms with Crippen LogP contribution in [0.2, 0.25) is 0 Å². The second-order valence-electron chi connectivity index (χ2n) is 5.68. The highest BCUT2D eigenvalue weighted by Crippen LogP contribution is 2.30. The number of aromatic amines is 1. The summed E-state index contributed by atoms with van der Waals surface area (Å²) < 4.78 is 5.12. The van der Waals surface area contributed by atoms with E-state index in [1.54, 1.807) is 18.7 Å². The number of ether oxygens (including phenoxy) is 1. The van der Waals surface area contributed by atoms with Crippen molar-refractivity contribution in [2.24, 2.45) is 0 Å². The number of carbonyl (C=O) groups excluding carboxylic acids is 2. The van der Waals surface area contributed by atoms with E-state index in [1.807, 2.05) is 6.92 Å². The predicted octanol–water partition coefficient (Wildman–Crippen LogP) is 0.812. The van der Waals surface area contributed by atoms with Crippen molar-refractivity contribution in [3.63, 3.8) is 0 Å². The van der Waals surface area contributed by atoms with Crippen molar-refractivity contribution < 1.29 is 14.3 Å². The van der Waals surface area contributed by atoms with Gasteiger partial charge in [-0.05, 0) is 39.5 Å². The van der Waals surface area contributed by atoms with E-state index < -0.39 is 11.5 Å². The lowest BCUT2D eigenvalue weighted by molar-refractivity contribution is -0.158. The molecule has 0 bridgehead atoms. The lowest BCUT2D eigenvalue weighted by Crippen LogP contribution is -2.54. The van der Waals surface area contributed by atoms with E-state index in [0.717, 1.165) is 12.8 Å². The van der Waals surface area contributed by atoms with Crippen molar-refractivity contribution in [1.82, 2.24) is 25.5 Å². The molecule has 2 heterocycles. The van der Waals surface area contributed by atoms with Crippen LogP contribution in [0.15, 0.2) is 0 Å². The Bertz CT molecular complexity index is 519. The number of tetrazole rings is 1. The van der Waals surface area contributed by atoms with Gasteiger partial charge in [-0.25, -0.2) is 4.79 Å². The second-order valence-corrected chi connectivity index (χ2v) is 5.68. The molecule has 1 fully saturated rings. The van der Waals surface area contributed by atoms with Gasteiger partial charge in [0, 0.05) is 6.54 Å². The third kappa shape index (κ3) is 2.95. The standard InChI is InChI=1S/C14H23N5O3/c1-4-14(3,12-15-17-18-16-12)13(21)19-9-7-6-8-10(19)11(20)22-5-2/h10H,4-9H2,1-3H3,(H,15,16,17,18). The van der Waals surface area contributed by atoms with Crippen LogP contribution in [0.4, 0.5) is 0 Å². The number of nitrogens with zero attached hydrogens (tertiary/aromatic N) is 4. The largest absolute Gasteiger partial charge is 0.464 e. The molecule has 2 unspecified atom stereocenters. The molecule has 2 rings (SSSR count). The molecular weight excluding hydrogens is 286 g/mol. The number of hydrogen-bond donors (Lipinski definition) is 1. The van der Waals surface area contributed by atoms with Crippen LogP contribution in [-0.4, -0.2) is 56.6 Å². The molecule has 0 radical (unpaired) electrons. The summed E-state index contributed by atoms with van der Waals surface area (Å²) >= 11 is 0. The fraction of sp³-hybridized carbons (Fsp3) is 0.786. The van der Waals surface area contributed by atoms with Gasteiger partial charge in [0.05, 0.1) is 6.61 Å². The van der Waals surface area contributed by atoms with Crippen molar-refractivity contribution in [3.8, 4) is 0 Å². The van der Waals surface area contributed by atoms with Gasteiger partial charge in [0.25, 0.3) is 0 Å². The predicted molar refractivity (Wildman–Crippen MR) is 77.8 cm³/mol. The lowest BCUT2D eigenvalue weighted by Gasteiger charge is -2.38. The zero-order valence-corrected chi connectivity index (χ0v) is 13.3. The van der Waals surface area contributed by atoms with Crippen molar-refractivity contribution in [1.29, 1.82) is 0 Å². The van der Waals surface area contributed by atoms with E-state index in [4.69, 9.17) is 4.74 Å². The lowest BCUT2D eigenvalue weighted by atomic mass is 9.83. The highest BCUT2D eigenvalue weighted by molar-refractivity contribution is 5.91. The maximum Gasteiger partial charge on any atom is 0.328 e. The van der Waals surface area contributed by atoms with Crippen molar-refractivity contribution in [3.05, 3.63) is 5.82 Å². The molecule has 22 heavy (non-hydrogen) atoms. The van der Waals surface area contributed by atoms with Gasteiger partial charge >= 0.3 is 5.97 Å². The summed E-state index contributed by atoms with van der Waals surface area (Å²) in [6, 6.07) is -0.515. The summed E-state index contributed by atoms with van der Waals surface area (Å²) in [5.41, 5.74) is -0.894. The molecular formula is C14H23N5O3. The topological polar surface area (TPSA) is 101 Å². The minimum Gasteiger partial charge on any atom is -0.464 e. The van der Waals surface area contributed by atoms with Crippen LogP contribution >= 0.6 is 0 Å². The number of amides is 1. The van der Waals surface area contributed by atoms with Crippen LogP contribution in [0.1, 0.15) is 52.3 Å². The average molecular weight is 309 g/mol. The van der Waals surface area contributed by atoms with E-state index in [-0.39, 0.29) is 11.9 Å². The van der Waals surface area contributed by atoms with Crippen LogP contribution in [0.5, 0.6) is 0 Å². The molecule has 0 spiro atoms. The monoisotopic (exact) mass is 309 g/mol. The van der Waals surface area contributed by atoms with Crippen LogP contribution in [0, 0.1) is 0 Å². The van der Waals surface area contributed by atoms with Crippen LogP contribution in [-0.2, 0) is 19.7 Å². The minimum atomic E-state index is -0.894. The maximum absolute atomic E-state index is 13.1. The van der Waals surface area contributed by atoms with Gasteiger partial charge in [-0.15, -0.1) is 10.2 Å². The Labute approximate surface area is 129 Å². The van der Waals surface area contributed by atoms with Crippen LogP contribution < -0.4 is 0 Å². The van der Waals surface area contributed by atoms with E-state index in [9.17, 15) is 9.59 Å². The van der Waals surface area contributed by atoms with Crippen molar-refractivity contribution in [2.45, 2.75) is 57.9 Å². The zero-order chi connectivity index (χ0) is 16.2. The number of piperidine rings is 1. The van der Waals surface area contributed by atoms with Gasteiger partial charge in [-0.3, -0.25) is 4.79 Å². The first-order valence-corrected chi connectivity index (χ1v) is 7.76. The molecule has 0 saturated carbocycles. The molecule has 1 amide bonds. The fourth-order valence-corrected chi connectivity index (χ4v) is 2.78. The number of nitrogens with one attached hydrogen (secondary N) is 1. The minimum absolute atomic E-state index is 0.144. The summed E-state index contributed by atoms with van der Waals surface area (Å²) in [4.78, 5) is 26.8. The molecule has 122 valence electrons. The van der Waals surface area contributed by atoms with E-state index >= 15 is 0 Å². The quantitative estimate of drug-likeness (QED) is 0.808. The van der Waals surface area contributed by atoms with Gasteiger partial charge in [0.1, 0.15) is 11.5 Å². The number of esters is 1. The highest BCUT2D eigenvalue weighted by atomic mass is 16.5. The molecule has 2 atom stereocenters. The molecule has 1 aliphatic heterocycles. The Morgan fingerprint density at radius 3 is 2.77 bits per heavy atom. The third-order valence-corrected chi connectivity index (χ3v) is 4.34. The van der Waals surface area contributed by atoms with Gasteiger partial charge in [-0.2, -0.15) is 5.21 Å². The molecule has 8 nitrogen and oxygen atoms in total. The van der Waals surface area contributed by atoms with Gasteiger partial charge in [0.15, 0.2) is 5.82 Å². The Morgan fingerprint density at radius 2 is 2.18 bits per heavy atom. The summed E-state index contributed by atoms with van der Waals surface area (Å²) in [7, 11) is 0. The fourth-order valence-electron chi connectivity index (χ4n) is 2.78. The Balaban J connectivity index is 2.26. The van der Waals surface area contributed by atoms with E-state index in [0.29, 0.717) is 31.8 Å². The van der Waals surface area contributed by atoms with Gasteiger partial charge in [-0.1, -0.05) is 12.1 Å². The Hall–Kier alpha value is -1.99. The summed E-state index contributed by atoms with van der Waals surface area (Å²) in [6.07, 6.45) is 2.96. The first-order chi connectivity index (χ1) is 10.5. The molecule has 1 aromatic heterocycles. The summed E-state index contributed by atoms with van der Waals surface area (Å²) in [5, 5.41) is 13.9. The number of likely N-dealkylation sites (tertiary alicyclic amines) is 1. The van der Waals surface area contributed by atoms with Crippen LogP contribution in [0.3, 0.4) is 0 Å². The first-order valence-electron chi connectivity index (χ1n) is 7.76. The highest BCUT2D eigenvalue weighted by Gasteiger charge is 2.44. The number of H-pyrrole nitrogens is 1. The number of carbonyl (C=O) groups is 2. The van der Waals surface area contributed by atoms with Crippen LogP contribution in [0.25, 0.3) is 0 Å². The first kappa shape index (κ1) is 16.4. The average Bonchev–Trinajstić information content (AvgIpc) is 3.08. The van der Waals surface area contributed by atoms with E-state index in [2.05, 4.69) is 20.6 Å². The van der Waals surface area contributed by atoms with E-state index in [1.165, 1.54) is 0 Å². The SMILES string of the molecule is CCOC(=O)C1CCCCN1C(=O)C(C)(CC)c1nn[nH]n1. The normalized spacial score (nSPS) is 21.2. The van der Waals surface area contributed by atoms with Gasteiger partial charge in [0.2, 0.25) is 5.91 Å². The second kappa shape index (κ2) is 6.85. The van der Waals surface area contributed by atoms with Crippen molar-refractivity contribution >= 4 is 11.9 Å². The molecule has 8 heteroatoms. The number of hydrogen-bond acceptors (Lipinski definition) is 6. The van der Waals surface area contributed by atoms with Crippen molar-refractivity contribution in [2.75, 3.05) is 13.2 Å². The zero-order valence-electron chi connectivity index (χ0n) is 13.3. The molecule has 1 saturated heterocycles. The summed E-state index contributed by atoms with van der Waals surface area (Å²) in [5.74, 6) is -0.121. The number of aromatic nitrogens is 4. The molecule has 0 aromatic carbocycles. The van der Waals surface area contributed by atoms with Gasteiger partial charge < -0.3 is 9.64 Å². The molecule has 1 N–H and O–H groups in total. The molecule has 0 aliphatic carbocycles. The Morgan fingerprint density at radius 1 is 1.41 bits per heavy atom. The summed E-state index contributed by atoms with van der Waals surface area (Å²) in [6.45, 7) is 6.32. The number of rotatable bonds is 5. The smallest absolute Gasteiger partial charge is 0.328 e. The molecule has 1 aromatic rings. The Kier molecular flexibility index (Phi) is 5.10. The molecule has 1 aliphatic rings. The maximum atomic E-state index is 13.1.